The minimum absolute atomic E-state index is 0.0219. The van der Waals surface area contributed by atoms with Crippen molar-refractivity contribution in [3.05, 3.63) is 57.1 Å². The average molecular weight is 379 g/mol. The van der Waals surface area contributed by atoms with Gasteiger partial charge in [0.1, 0.15) is 0 Å². The number of nitrogens with one attached hydrogen (secondary N) is 2. The standard InChI is InChI=1S/C18H16Cl2N2O3/c1-9(10-3-4-15-11(5-10)8-16(23)22-15)21-18(24)12-6-13(19)17(25-2)14(20)7-12/h3-7,9H,8H2,1-2H3,(H,21,24)(H,22,23)/t9-/m1/s1. The lowest BCUT2D eigenvalue weighted by Crippen LogP contribution is -2.26. The number of amides is 2. The predicted molar refractivity (Wildman–Crippen MR) is 97.7 cm³/mol. The number of carbonyl (C=O) groups excluding carboxylic acids is 2. The lowest BCUT2D eigenvalue weighted by atomic mass is 10.0. The molecule has 2 amide bonds. The molecular weight excluding hydrogens is 363 g/mol. The predicted octanol–water partition coefficient (Wildman–Crippen LogP) is 3.99. The Morgan fingerprint density at radius 2 is 1.92 bits per heavy atom. The summed E-state index contributed by atoms with van der Waals surface area (Å²) in [7, 11) is 1.46. The van der Waals surface area contributed by atoms with Crippen LogP contribution in [0.4, 0.5) is 5.69 Å². The summed E-state index contributed by atoms with van der Waals surface area (Å²) in [6.07, 6.45) is 0.355. The van der Waals surface area contributed by atoms with Crippen LogP contribution in [0.3, 0.4) is 0 Å². The molecular formula is C18H16Cl2N2O3. The Morgan fingerprint density at radius 1 is 1.24 bits per heavy atom. The van der Waals surface area contributed by atoms with Gasteiger partial charge in [-0.3, -0.25) is 9.59 Å². The van der Waals surface area contributed by atoms with Gasteiger partial charge in [0.25, 0.3) is 5.91 Å². The maximum Gasteiger partial charge on any atom is 0.251 e. The molecule has 1 atom stereocenters. The zero-order valence-corrected chi connectivity index (χ0v) is 15.2. The first-order valence-electron chi connectivity index (χ1n) is 7.65. The van der Waals surface area contributed by atoms with Gasteiger partial charge >= 0.3 is 0 Å². The molecule has 25 heavy (non-hydrogen) atoms. The smallest absolute Gasteiger partial charge is 0.251 e. The fraction of sp³-hybridized carbons (Fsp3) is 0.222. The van der Waals surface area contributed by atoms with Crippen molar-refractivity contribution in [1.82, 2.24) is 5.32 Å². The summed E-state index contributed by atoms with van der Waals surface area (Å²) in [5, 5.41) is 6.24. The van der Waals surface area contributed by atoms with E-state index in [4.69, 9.17) is 27.9 Å². The van der Waals surface area contributed by atoms with Gasteiger partial charge in [0, 0.05) is 11.3 Å². The van der Waals surface area contributed by atoms with Crippen LogP contribution in [-0.2, 0) is 11.2 Å². The summed E-state index contributed by atoms with van der Waals surface area (Å²) in [5.41, 5.74) is 3.01. The number of benzene rings is 2. The van der Waals surface area contributed by atoms with E-state index in [-0.39, 0.29) is 27.9 Å². The number of methoxy groups -OCH3 is 1. The highest BCUT2D eigenvalue weighted by atomic mass is 35.5. The van der Waals surface area contributed by atoms with Crippen molar-refractivity contribution in [3.63, 3.8) is 0 Å². The number of hydrogen-bond acceptors (Lipinski definition) is 3. The molecule has 0 fully saturated rings. The molecule has 2 aromatic rings. The van der Waals surface area contributed by atoms with E-state index in [1.54, 1.807) is 0 Å². The Labute approximate surface area is 155 Å². The monoisotopic (exact) mass is 378 g/mol. The number of rotatable bonds is 4. The van der Waals surface area contributed by atoms with Crippen molar-refractivity contribution >= 4 is 40.7 Å². The van der Waals surface area contributed by atoms with E-state index >= 15 is 0 Å². The topological polar surface area (TPSA) is 67.4 Å². The maximum atomic E-state index is 12.5. The normalized spacial score (nSPS) is 13.8. The highest BCUT2D eigenvalue weighted by molar-refractivity contribution is 6.37. The zero-order chi connectivity index (χ0) is 18.1. The highest BCUT2D eigenvalue weighted by Crippen LogP contribution is 2.34. The second kappa shape index (κ2) is 6.94. The minimum Gasteiger partial charge on any atom is -0.494 e. The van der Waals surface area contributed by atoms with Crippen LogP contribution in [0.25, 0.3) is 0 Å². The van der Waals surface area contributed by atoms with E-state index in [1.807, 2.05) is 25.1 Å². The summed E-state index contributed by atoms with van der Waals surface area (Å²) < 4.78 is 5.08. The van der Waals surface area contributed by atoms with Gasteiger partial charge in [0.05, 0.1) is 29.6 Å². The number of carbonyl (C=O) groups is 2. The highest BCUT2D eigenvalue weighted by Gasteiger charge is 2.20. The van der Waals surface area contributed by atoms with Gasteiger partial charge in [-0.1, -0.05) is 35.3 Å². The fourth-order valence-electron chi connectivity index (χ4n) is 2.77. The second-order valence-electron chi connectivity index (χ2n) is 5.81. The van der Waals surface area contributed by atoms with Crippen molar-refractivity contribution in [2.24, 2.45) is 0 Å². The number of fused-ring (bicyclic) bond motifs is 1. The number of ether oxygens (including phenoxy) is 1. The SMILES string of the molecule is COc1c(Cl)cc(C(=O)N[C@H](C)c2ccc3c(c2)CC(=O)N3)cc1Cl. The van der Waals surface area contributed by atoms with Crippen LogP contribution in [0.15, 0.2) is 30.3 Å². The summed E-state index contributed by atoms with van der Waals surface area (Å²) >= 11 is 12.2. The van der Waals surface area contributed by atoms with Gasteiger partial charge in [0.2, 0.25) is 5.91 Å². The molecule has 0 unspecified atom stereocenters. The summed E-state index contributed by atoms with van der Waals surface area (Å²) in [5.74, 6) is 0.0173. The van der Waals surface area contributed by atoms with Crippen LogP contribution < -0.4 is 15.4 Å². The Kier molecular flexibility index (Phi) is 4.88. The third kappa shape index (κ3) is 3.57. The Hall–Kier alpha value is -2.24. The van der Waals surface area contributed by atoms with Crippen LogP contribution in [0.2, 0.25) is 10.0 Å². The number of halogens is 2. The van der Waals surface area contributed by atoms with Crippen LogP contribution in [-0.4, -0.2) is 18.9 Å². The molecule has 7 heteroatoms. The van der Waals surface area contributed by atoms with E-state index in [9.17, 15) is 9.59 Å². The van der Waals surface area contributed by atoms with Crippen molar-refractivity contribution in [1.29, 1.82) is 0 Å². The van der Waals surface area contributed by atoms with Crippen LogP contribution in [0.1, 0.15) is 34.5 Å². The van der Waals surface area contributed by atoms with Crippen LogP contribution in [0, 0.1) is 0 Å². The first-order valence-corrected chi connectivity index (χ1v) is 8.41. The molecule has 1 aliphatic rings. The van der Waals surface area contributed by atoms with E-state index in [2.05, 4.69) is 10.6 Å². The lowest BCUT2D eigenvalue weighted by Gasteiger charge is -2.16. The molecule has 0 saturated heterocycles. The first kappa shape index (κ1) is 17.6. The fourth-order valence-corrected chi connectivity index (χ4v) is 3.41. The Balaban J connectivity index is 1.77. The minimum atomic E-state index is -0.298. The number of hydrogen-bond donors (Lipinski definition) is 2. The van der Waals surface area contributed by atoms with E-state index in [0.29, 0.717) is 17.7 Å². The molecule has 2 N–H and O–H groups in total. The van der Waals surface area contributed by atoms with Gasteiger partial charge in [-0.2, -0.15) is 0 Å². The van der Waals surface area contributed by atoms with E-state index < -0.39 is 0 Å². The van der Waals surface area contributed by atoms with Crippen molar-refractivity contribution in [3.8, 4) is 5.75 Å². The summed E-state index contributed by atoms with van der Waals surface area (Å²) in [6, 6.07) is 8.43. The van der Waals surface area contributed by atoms with Crippen molar-refractivity contribution in [2.75, 3.05) is 12.4 Å². The van der Waals surface area contributed by atoms with E-state index in [0.717, 1.165) is 16.8 Å². The summed E-state index contributed by atoms with van der Waals surface area (Å²) in [6.45, 7) is 1.87. The Bertz CT molecular complexity index is 844. The van der Waals surface area contributed by atoms with Crippen molar-refractivity contribution < 1.29 is 14.3 Å². The average Bonchev–Trinajstić information content (AvgIpc) is 2.93. The largest absolute Gasteiger partial charge is 0.494 e. The second-order valence-corrected chi connectivity index (χ2v) is 6.62. The van der Waals surface area contributed by atoms with E-state index in [1.165, 1.54) is 19.2 Å². The third-order valence-corrected chi connectivity index (χ3v) is 4.63. The maximum absolute atomic E-state index is 12.5. The molecule has 1 aliphatic heterocycles. The first-order chi connectivity index (χ1) is 11.9. The van der Waals surface area contributed by atoms with Gasteiger partial charge in [-0.05, 0) is 36.2 Å². The molecule has 130 valence electrons. The molecule has 0 bridgehead atoms. The molecule has 0 saturated carbocycles. The molecule has 0 aromatic heterocycles. The molecule has 0 aliphatic carbocycles. The molecule has 5 nitrogen and oxygen atoms in total. The van der Waals surface area contributed by atoms with Crippen LogP contribution in [0.5, 0.6) is 5.75 Å². The van der Waals surface area contributed by atoms with Gasteiger partial charge < -0.3 is 15.4 Å². The van der Waals surface area contributed by atoms with Gasteiger partial charge in [0.15, 0.2) is 5.75 Å². The van der Waals surface area contributed by atoms with Crippen molar-refractivity contribution in [2.45, 2.75) is 19.4 Å². The zero-order valence-electron chi connectivity index (χ0n) is 13.7. The van der Waals surface area contributed by atoms with Gasteiger partial charge in [-0.15, -0.1) is 0 Å². The third-order valence-electron chi connectivity index (χ3n) is 4.07. The molecule has 3 rings (SSSR count). The summed E-state index contributed by atoms with van der Waals surface area (Å²) in [4.78, 5) is 23.9. The van der Waals surface area contributed by atoms with Crippen LogP contribution >= 0.6 is 23.2 Å². The molecule has 0 radical (unpaired) electrons. The lowest BCUT2D eigenvalue weighted by molar-refractivity contribution is -0.115. The Morgan fingerprint density at radius 3 is 2.56 bits per heavy atom. The quantitative estimate of drug-likeness (QED) is 0.844. The molecule has 0 spiro atoms. The molecule has 2 aromatic carbocycles. The van der Waals surface area contributed by atoms with Gasteiger partial charge in [-0.25, -0.2) is 0 Å². The number of anilines is 1. The molecule has 1 heterocycles.